The second-order valence-electron chi connectivity index (χ2n) is 2.56. The molecule has 0 saturated heterocycles. The van der Waals surface area contributed by atoms with E-state index in [4.69, 9.17) is 4.74 Å². The Hall–Kier alpha value is -0.430. The van der Waals surface area contributed by atoms with Crippen LogP contribution >= 0.6 is 11.8 Å². The van der Waals surface area contributed by atoms with Gasteiger partial charge in [-0.3, -0.25) is 4.99 Å². The number of benzene rings is 1. The molecular weight excluding hydrogens is 323 g/mol. The molecule has 0 unspecified atom stereocenters. The third-order valence-corrected chi connectivity index (χ3v) is 2.42. The maximum absolute atomic E-state index is 5.21. The Labute approximate surface area is 112 Å². The lowest BCUT2D eigenvalue weighted by atomic mass is 10.3. The first-order chi connectivity index (χ1) is 6.81. The molecule has 1 N–H and O–H groups in total. The van der Waals surface area contributed by atoms with E-state index in [0.717, 1.165) is 16.6 Å². The van der Waals surface area contributed by atoms with Gasteiger partial charge >= 0.3 is 0 Å². The molecule has 0 saturated carbocycles. The first kappa shape index (κ1) is 14.6. The van der Waals surface area contributed by atoms with E-state index >= 15 is 0 Å². The largest absolute Gasteiger partial charge is 1.00 e. The monoisotopic (exact) mass is 337 g/mol. The molecule has 1 aromatic carbocycles. The quantitative estimate of drug-likeness (QED) is 0.447. The summed E-state index contributed by atoms with van der Waals surface area (Å²) >= 11 is 1.57. The Morgan fingerprint density at radius 1 is 1.40 bits per heavy atom. The van der Waals surface area contributed by atoms with Crippen LogP contribution in [0.1, 0.15) is 0 Å². The van der Waals surface area contributed by atoms with Gasteiger partial charge in [-0.05, 0) is 18.4 Å². The molecule has 0 aromatic heterocycles. The Morgan fingerprint density at radius 3 is 2.60 bits per heavy atom. The molecule has 0 aliphatic carbocycles. The van der Waals surface area contributed by atoms with Crippen LogP contribution in [0.2, 0.25) is 0 Å². The number of amidine groups is 1. The summed E-state index contributed by atoms with van der Waals surface area (Å²) < 4.78 is 5.21. The highest BCUT2D eigenvalue weighted by Gasteiger charge is 2.02. The SMILES string of the molecule is CN=C(Nc1ccccc1OC)SC.[I-]. The van der Waals surface area contributed by atoms with Crippen LogP contribution < -0.4 is 34.0 Å². The van der Waals surface area contributed by atoms with Gasteiger partial charge in [0.2, 0.25) is 0 Å². The second-order valence-corrected chi connectivity index (χ2v) is 3.35. The van der Waals surface area contributed by atoms with E-state index in [-0.39, 0.29) is 24.0 Å². The van der Waals surface area contributed by atoms with Crippen molar-refractivity contribution < 1.29 is 28.7 Å². The summed E-state index contributed by atoms with van der Waals surface area (Å²) in [7, 11) is 3.41. The maximum Gasteiger partial charge on any atom is 0.160 e. The fourth-order valence-corrected chi connectivity index (χ4v) is 1.46. The summed E-state index contributed by atoms with van der Waals surface area (Å²) in [5, 5.41) is 4.06. The van der Waals surface area contributed by atoms with E-state index in [1.807, 2.05) is 30.5 Å². The predicted molar refractivity (Wildman–Crippen MR) is 63.5 cm³/mol. The zero-order valence-corrected chi connectivity index (χ0v) is 11.9. The molecule has 1 aromatic rings. The highest BCUT2D eigenvalue weighted by molar-refractivity contribution is 8.13. The lowest BCUT2D eigenvalue weighted by molar-refractivity contribution is -0.00000315. The molecule has 0 radical (unpaired) electrons. The molecule has 3 nitrogen and oxygen atoms in total. The number of nitrogens with zero attached hydrogens (tertiary/aromatic N) is 1. The summed E-state index contributed by atoms with van der Waals surface area (Å²) in [4.78, 5) is 4.09. The third-order valence-electron chi connectivity index (χ3n) is 1.75. The number of ether oxygens (including phenoxy) is 1. The fraction of sp³-hybridized carbons (Fsp3) is 0.300. The fourth-order valence-electron chi connectivity index (χ4n) is 1.06. The van der Waals surface area contributed by atoms with Gasteiger partial charge in [-0.15, -0.1) is 0 Å². The van der Waals surface area contributed by atoms with Gasteiger partial charge in [-0.2, -0.15) is 0 Å². The molecule has 0 aliphatic rings. The van der Waals surface area contributed by atoms with Crippen LogP contribution in [-0.2, 0) is 0 Å². The van der Waals surface area contributed by atoms with E-state index in [1.165, 1.54) is 0 Å². The first-order valence-corrected chi connectivity index (χ1v) is 5.45. The maximum atomic E-state index is 5.21. The van der Waals surface area contributed by atoms with Crippen LogP contribution in [0.15, 0.2) is 29.3 Å². The summed E-state index contributed by atoms with van der Waals surface area (Å²) in [6, 6.07) is 7.76. The molecule has 0 bridgehead atoms. The van der Waals surface area contributed by atoms with Crippen molar-refractivity contribution in [2.45, 2.75) is 0 Å². The van der Waals surface area contributed by atoms with E-state index in [9.17, 15) is 0 Å². The minimum Gasteiger partial charge on any atom is -1.00 e. The minimum atomic E-state index is 0. The molecule has 0 aliphatic heterocycles. The second kappa shape index (κ2) is 7.81. The van der Waals surface area contributed by atoms with Gasteiger partial charge in [-0.25, -0.2) is 0 Å². The average molecular weight is 337 g/mol. The Bertz CT molecular complexity index is 331. The van der Waals surface area contributed by atoms with Crippen molar-refractivity contribution in [3.05, 3.63) is 24.3 Å². The van der Waals surface area contributed by atoms with Crippen molar-refractivity contribution in [2.24, 2.45) is 4.99 Å². The first-order valence-electron chi connectivity index (χ1n) is 4.22. The Morgan fingerprint density at radius 2 is 2.07 bits per heavy atom. The van der Waals surface area contributed by atoms with Gasteiger partial charge in [0, 0.05) is 7.05 Å². The topological polar surface area (TPSA) is 33.6 Å². The number of para-hydroxylation sites is 2. The number of methoxy groups -OCH3 is 1. The van der Waals surface area contributed by atoms with E-state index in [1.54, 1.807) is 25.9 Å². The van der Waals surface area contributed by atoms with Crippen molar-refractivity contribution in [3.8, 4) is 5.75 Å². The number of thioether (sulfide) groups is 1. The smallest absolute Gasteiger partial charge is 0.160 e. The van der Waals surface area contributed by atoms with Crippen LogP contribution in [0, 0.1) is 0 Å². The van der Waals surface area contributed by atoms with Gasteiger partial charge < -0.3 is 34.0 Å². The Balaban J connectivity index is 0.00000196. The van der Waals surface area contributed by atoms with Gasteiger partial charge in [0.25, 0.3) is 0 Å². The van der Waals surface area contributed by atoms with E-state index in [2.05, 4.69) is 10.3 Å². The van der Waals surface area contributed by atoms with Crippen molar-refractivity contribution in [2.75, 3.05) is 25.7 Å². The summed E-state index contributed by atoms with van der Waals surface area (Å²) in [6.07, 6.45) is 1.98. The molecule has 15 heavy (non-hydrogen) atoms. The van der Waals surface area contributed by atoms with Crippen LogP contribution in [0.5, 0.6) is 5.75 Å². The van der Waals surface area contributed by atoms with Gasteiger partial charge in [0.15, 0.2) is 5.17 Å². The van der Waals surface area contributed by atoms with E-state index in [0.29, 0.717) is 0 Å². The number of rotatable bonds is 2. The number of hydrogen-bond donors (Lipinski definition) is 1. The molecule has 0 heterocycles. The molecule has 0 spiro atoms. The normalized spacial score (nSPS) is 10.5. The summed E-state index contributed by atoms with van der Waals surface area (Å²) in [5.74, 6) is 0.822. The van der Waals surface area contributed by atoms with Gasteiger partial charge in [-0.1, -0.05) is 23.9 Å². The molecular formula is C10H14IN2OS-. The van der Waals surface area contributed by atoms with Crippen LogP contribution in [-0.4, -0.2) is 25.6 Å². The molecule has 84 valence electrons. The summed E-state index contributed by atoms with van der Waals surface area (Å²) in [6.45, 7) is 0. The molecule has 1 rings (SSSR count). The van der Waals surface area contributed by atoms with E-state index < -0.39 is 0 Å². The highest BCUT2D eigenvalue weighted by Crippen LogP contribution is 2.23. The van der Waals surface area contributed by atoms with Gasteiger partial charge in [0.1, 0.15) is 5.75 Å². The third kappa shape index (κ3) is 4.29. The Kier molecular flexibility index (Phi) is 7.59. The molecule has 0 amide bonds. The van der Waals surface area contributed by atoms with Crippen molar-refractivity contribution in [3.63, 3.8) is 0 Å². The molecule has 5 heteroatoms. The average Bonchev–Trinajstić information content (AvgIpc) is 2.26. The molecule has 0 atom stereocenters. The number of aliphatic imine (C=N–C) groups is 1. The predicted octanol–water partition coefficient (Wildman–Crippen LogP) is -0.540. The minimum absolute atomic E-state index is 0. The lowest BCUT2D eigenvalue weighted by Gasteiger charge is -2.10. The van der Waals surface area contributed by atoms with Crippen LogP contribution in [0.3, 0.4) is 0 Å². The number of halogens is 1. The standard InChI is InChI=1S/C10H14N2OS.HI/c1-11-10(14-3)12-8-6-4-5-7-9(8)13-2;/h4-7H,1-3H3,(H,11,12);1H/p-1. The van der Waals surface area contributed by atoms with Crippen LogP contribution in [0.25, 0.3) is 0 Å². The van der Waals surface area contributed by atoms with Crippen molar-refractivity contribution in [1.29, 1.82) is 0 Å². The zero-order valence-electron chi connectivity index (χ0n) is 8.95. The van der Waals surface area contributed by atoms with Crippen molar-refractivity contribution >= 4 is 22.6 Å². The summed E-state index contributed by atoms with van der Waals surface area (Å²) in [5.41, 5.74) is 0.935. The number of anilines is 1. The number of hydrogen-bond acceptors (Lipinski definition) is 3. The number of nitrogens with one attached hydrogen (secondary N) is 1. The highest BCUT2D eigenvalue weighted by atomic mass is 127. The van der Waals surface area contributed by atoms with Crippen molar-refractivity contribution in [1.82, 2.24) is 0 Å². The molecule has 0 fully saturated rings. The lowest BCUT2D eigenvalue weighted by Crippen LogP contribution is -3.00. The van der Waals surface area contributed by atoms with Crippen LogP contribution in [0.4, 0.5) is 5.69 Å². The zero-order chi connectivity index (χ0) is 10.4. The van der Waals surface area contributed by atoms with Gasteiger partial charge in [0.05, 0.1) is 12.8 Å².